The van der Waals surface area contributed by atoms with Crippen LogP contribution in [-0.2, 0) is 9.53 Å². The second-order valence-electron chi connectivity index (χ2n) is 4.66. The number of hydrogen-bond donors (Lipinski definition) is 1. The number of anilines is 2. The Kier molecular flexibility index (Phi) is 4.07. The number of hydrogen-bond acceptors (Lipinski definition) is 6. The smallest absolute Gasteiger partial charge is 0.325 e. The number of nitrogens with zero attached hydrogens (tertiary/aromatic N) is 2. The number of nitrogen functional groups attached to an aromatic ring is 1. The average molecular weight is 279 g/mol. The third-order valence-electron chi connectivity index (χ3n) is 3.13. The predicted molar refractivity (Wildman–Crippen MR) is 74.5 cm³/mol. The molecule has 0 heterocycles. The Bertz CT molecular complexity index is 528. The highest BCUT2D eigenvalue weighted by Crippen LogP contribution is 2.34. The Labute approximate surface area is 116 Å². The van der Waals surface area contributed by atoms with Gasteiger partial charge in [0.15, 0.2) is 0 Å². The van der Waals surface area contributed by atoms with Gasteiger partial charge in [0.05, 0.1) is 11.5 Å². The molecule has 1 saturated carbocycles. The van der Waals surface area contributed by atoms with Crippen molar-refractivity contribution < 1.29 is 14.5 Å². The first-order valence-corrected chi connectivity index (χ1v) is 6.49. The molecule has 7 nitrogen and oxygen atoms in total. The van der Waals surface area contributed by atoms with Crippen LogP contribution in [0.3, 0.4) is 0 Å². The molecule has 0 unspecified atom stereocenters. The lowest BCUT2D eigenvalue weighted by atomic mass is 10.2. The van der Waals surface area contributed by atoms with Gasteiger partial charge in [0, 0.05) is 17.8 Å². The zero-order valence-corrected chi connectivity index (χ0v) is 11.2. The van der Waals surface area contributed by atoms with Gasteiger partial charge in [-0.1, -0.05) is 0 Å². The molecule has 0 aliphatic heterocycles. The summed E-state index contributed by atoms with van der Waals surface area (Å²) in [6.07, 6.45) is 1.99. The number of nitrogens with two attached hydrogens (primary N) is 1. The van der Waals surface area contributed by atoms with E-state index in [1.54, 1.807) is 13.0 Å². The highest BCUT2D eigenvalue weighted by Gasteiger charge is 2.31. The summed E-state index contributed by atoms with van der Waals surface area (Å²) < 4.78 is 4.94. The summed E-state index contributed by atoms with van der Waals surface area (Å²) in [5.41, 5.74) is 6.37. The third-order valence-corrected chi connectivity index (χ3v) is 3.13. The average Bonchev–Trinajstić information content (AvgIpc) is 3.20. The lowest BCUT2D eigenvalue weighted by molar-refractivity contribution is -0.383. The van der Waals surface area contributed by atoms with Gasteiger partial charge in [0.25, 0.3) is 5.69 Å². The van der Waals surface area contributed by atoms with E-state index in [-0.39, 0.29) is 29.9 Å². The van der Waals surface area contributed by atoms with Crippen molar-refractivity contribution in [2.24, 2.45) is 0 Å². The van der Waals surface area contributed by atoms with E-state index in [4.69, 9.17) is 10.5 Å². The minimum absolute atomic E-state index is 0.0991. The molecule has 0 atom stereocenters. The van der Waals surface area contributed by atoms with Crippen LogP contribution in [0.15, 0.2) is 18.2 Å². The summed E-state index contributed by atoms with van der Waals surface area (Å²) in [5, 5.41) is 10.7. The minimum atomic E-state index is -0.522. The molecular formula is C13H17N3O4. The summed E-state index contributed by atoms with van der Waals surface area (Å²) in [7, 11) is 0. The zero-order valence-electron chi connectivity index (χ0n) is 11.2. The highest BCUT2D eigenvalue weighted by molar-refractivity contribution is 5.77. The number of nitro benzene ring substituents is 1. The van der Waals surface area contributed by atoms with E-state index < -0.39 is 4.92 Å². The molecule has 0 amide bonds. The second kappa shape index (κ2) is 5.77. The molecule has 0 spiro atoms. The van der Waals surface area contributed by atoms with Crippen LogP contribution in [0, 0.1) is 10.1 Å². The summed E-state index contributed by atoms with van der Waals surface area (Å²) in [6.45, 7) is 2.22. The maximum atomic E-state index is 11.6. The number of esters is 1. The van der Waals surface area contributed by atoms with Crippen LogP contribution >= 0.6 is 0 Å². The Morgan fingerprint density at radius 1 is 1.55 bits per heavy atom. The first-order chi connectivity index (χ1) is 9.52. The van der Waals surface area contributed by atoms with E-state index >= 15 is 0 Å². The summed E-state index contributed by atoms with van der Waals surface area (Å²) in [4.78, 5) is 23.7. The number of nitro groups is 1. The van der Waals surface area contributed by atoms with Gasteiger partial charge < -0.3 is 15.4 Å². The quantitative estimate of drug-likeness (QED) is 0.368. The van der Waals surface area contributed by atoms with Crippen molar-refractivity contribution in [2.45, 2.75) is 25.8 Å². The van der Waals surface area contributed by atoms with Crippen molar-refractivity contribution in [3.05, 3.63) is 28.3 Å². The number of carbonyl (C=O) groups excluding carboxylic acids is 1. The lowest BCUT2D eigenvalue weighted by Crippen LogP contribution is -2.33. The van der Waals surface area contributed by atoms with Crippen molar-refractivity contribution in [1.29, 1.82) is 0 Å². The molecule has 1 fully saturated rings. The van der Waals surface area contributed by atoms with E-state index in [2.05, 4.69) is 0 Å². The molecule has 0 saturated heterocycles. The van der Waals surface area contributed by atoms with Crippen LogP contribution in [0.1, 0.15) is 19.8 Å². The van der Waals surface area contributed by atoms with Crippen LogP contribution in [0.2, 0.25) is 0 Å². The molecule has 108 valence electrons. The Morgan fingerprint density at radius 2 is 2.25 bits per heavy atom. The summed E-state index contributed by atoms with van der Waals surface area (Å²) >= 11 is 0. The van der Waals surface area contributed by atoms with Gasteiger partial charge >= 0.3 is 5.97 Å². The van der Waals surface area contributed by atoms with Gasteiger partial charge in [-0.2, -0.15) is 0 Å². The third kappa shape index (κ3) is 3.17. The minimum Gasteiger partial charge on any atom is -0.465 e. The monoisotopic (exact) mass is 279 g/mol. The van der Waals surface area contributed by atoms with E-state index in [0.29, 0.717) is 12.3 Å². The fraction of sp³-hybridized carbons (Fsp3) is 0.462. The van der Waals surface area contributed by atoms with Gasteiger partial charge in [0.1, 0.15) is 12.2 Å². The molecule has 7 heteroatoms. The molecule has 1 aliphatic carbocycles. The van der Waals surface area contributed by atoms with Crippen LogP contribution < -0.4 is 10.6 Å². The second-order valence-corrected chi connectivity index (χ2v) is 4.66. The van der Waals surface area contributed by atoms with Crippen molar-refractivity contribution >= 4 is 23.0 Å². The predicted octanol–water partition coefficient (Wildman–Crippen LogP) is 1.71. The number of ether oxygens (including phenoxy) is 1. The number of carbonyl (C=O) groups is 1. The maximum absolute atomic E-state index is 11.6. The molecule has 0 radical (unpaired) electrons. The lowest BCUT2D eigenvalue weighted by Gasteiger charge is -2.23. The number of rotatable bonds is 6. The van der Waals surface area contributed by atoms with Gasteiger partial charge in [0.2, 0.25) is 0 Å². The van der Waals surface area contributed by atoms with Gasteiger partial charge in [-0.05, 0) is 31.9 Å². The van der Waals surface area contributed by atoms with Gasteiger partial charge in [-0.25, -0.2) is 0 Å². The first-order valence-electron chi connectivity index (χ1n) is 6.49. The van der Waals surface area contributed by atoms with Crippen LogP contribution in [0.5, 0.6) is 0 Å². The van der Waals surface area contributed by atoms with Crippen molar-refractivity contribution in [3.63, 3.8) is 0 Å². The molecule has 1 aliphatic rings. The standard InChI is InChI=1S/C13H17N3O4/c1-2-20-13(17)8-15(9-3-4-9)10-5-6-12(16(18)19)11(14)7-10/h5-7,9H,2-4,8,14H2,1H3. The van der Waals surface area contributed by atoms with E-state index in [1.165, 1.54) is 12.1 Å². The number of benzene rings is 1. The van der Waals surface area contributed by atoms with Crippen LogP contribution in [0.25, 0.3) is 0 Å². The molecule has 2 rings (SSSR count). The van der Waals surface area contributed by atoms with E-state index in [1.807, 2.05) is 4.90 Å². The van der Waals surface area contributed by atoms with Crippen molar-refractivity contribution in [1.82, 2.24) is 0 Å². The molecular weight excluding hydrogens is 262 g/mol. The first kappa shape index (κ1) is 14.1. The molecule has 20 heavy (non-hydrogen) atoms. The SMILES string of the molecule is CCOC(=O)CN(c1ccc([N+](=O)[O-])c(N)c1)C1CC1. The van der Waals surface area contributed by atoms with Crippen LogP contribution in [-0.4, -0.2) is 30.1 Å². The maximum Gasteiger partial charge on any atom is 0.325 e. The van der Waals surface area contributed by atoms with Crippen molar-refractivity contribution in [2.75, 3.05) is 23.8 Å². The topological polar surface area (TPSA) is 98.7 Å². The summed E-state index contributed by atoms with van der Waals surface area (Å²) in [5.74, 6) is -0.309. The van der Waals surface area contributed by atoms with E-state index in [9.17, 15) is 14.9 Å². The Morgan fingerprint density at radius 3 is 2.75 bits per heavy atom. The summed E-state index contributed by atoms with van der Waals surface area (Å²) in [6, 6.07) is 4.80. The van der Waals surface area contributed by atoms with E-state index in [0.717, 1.165) is 12.8 Å². The molecule has 1 aromatic carbocycles. The van der Waals surface area contributed by atoms with Crippen molar-refractivity contribution in [3.8, 4) is 0 Å². The zero-order chi connectivity index (χ0) is 14.7. The molecule has 2 N–H and O–H groups in total. The largest absolute Gasteiger partial charge is 0.465 e. The molecule has 0 aromatic heterocycles. The fourth-order valence-corrected chi connectivity index (χ4v) is 2.05. The Balaban J connectivity index is 2.19. The Hall–Kier alpha value is -2.31. The van der Waals surface area contributed by atoms with Crippen LogP contribution in [0.4, 0.5) is 17.1 Å². The fourth-order valence-electron chi connectivity index (χ4n) is 2.05. The molecule has 0 bridgehead atoms. The van der Waals surface area contributed by atoms with Gasteiger partial charge in [-0.3, -0.25) is 14.9 Å². The molecule has 1 aromatic rings. The normalized spacial score (nSPS) is 13.8. The van der Waals surface area contributed by atoms with Gasteiger partial charge in [-0.15, -0.1) is 0 Å². The highest BCUT2D eigenvalue weighted by atomic mass is 16.6.